The Kier molecular flexibility index (Phi) is 7.17. The molecule has 2 heterocycles. The predicted octanol–water partition coefficient (Wildman–Crippen LogP) is 4.58. The van der Waals surface area contributed by atoms with Gasteiger partial charge in [0.25, 0.3) is 0 Å². The molecule has 0 saturated heterocycles. The molecule has 3 aromatic carbocycles. The van der Waals surface area contributed by atoms with E-state index in [1.54, 1.807) is 0 Å². The molecule has 0 aromatic heterocycles. The first-order chi connectivity index (χ1) is 17.9. The van der Waals surface area contributed by atoms with Gasteiger partial charge in [-0.15, -0.1) is 0 Å². The van der Waals surface area contributed by atoms with Crippen LogP contribution < -0.4 is 20.4 Å². The van der Waals surface area contributed by atoms with E-state index in [9.17, 15) is 0 Å². The highest BCUT2D eigenvalue weighted by Crippen LogP contribution is 2.25. The molecule has 0 saturated carbocycles. The topological polar surface area (TPSA) is 55.3 Å². The summed E-state index contributed by atoms with van der Waals surface area (Å²) < 4.78 is 0. The van der Waals surface area contributed by atoms with Crippen molar-refractivity contribution in [3.05, 3.63) is 93.5 Å². The summed E-state index contributed by atoms with van der Waals surface area (Å²) in [5, 5.41) is 6.74. The number of hydrogen-bond acceptors (Lipinski definition) is 6. The number of rotatable bonds is 8. The smallest absolute Gasteiger partial charge is 0.128 e. The number of hydrogen-bond donors (Lipinski definition) is 2. The van der Waals surface area contributed by atoms with Crippen molar-refractivity contribution in [2.24, 2.45) is 9.98 Å². The molecule has 6 nitrogen and oxygen atoms in total. The monoisotopic (exact) mass is 494 g/mol. The summed E-state index contributed by atoms with van der Waals surface area (Å²) in [6, 6.07) is 20.2. The van der Waals surface area contributed by atoms with Gasteiger partial charge in [0, 0.05) is 62.8 Å². The van der Waals surface area contributed by atoms with Gasteiger partial charge in [-0.05, 0) is 79.4 Å². The molecule has 0 radical (unpaired) electrons. The van der Waals surface area contributed by atoms with Crippen molar-refractivity contribution in [2.45, 2.75) is 33.9 Å². The van der Waals surface area contributed by atoms with Crippen LogP contribution in [-0.4, -0.2) is 51.9 Å². The van der Waals surface area contributed by atoms with E-state index in [-0.39, 0.29) is 0 Å². The molecule has 0 bridgehead atoms. The third kappa shape index (κ3) is 5.63. The Morgan fingerprint density at radius 3 is 1.49 bits per heavy atom. The SMILES string of the molecule is Cc1cc(CN(C)c2ccc(C3=NCCN3)cc2C)cc(CN(C)c2ccc(C3=NCCN3)cc2C)c1. The number of aryl methyl sites for hydroxylation is 3. The Hall–Kier alpha value is -3.80. The number of anilines is 2. The van der Waals surface area contributed by atoms with Crippen LogP contribution >= 0.6 is 0 Å². The highest BCUT2D eigenvalue weighted by atomic mass is 15.1. The summed E-state index contributed by atoms with van der Waals surface area (Å²) in [7, 11) is 4.35. The second-order valence-electron chi connectivity index (χ2n) is 10.4. The van der Waals surface area contributed by atoms with Gasteiger partial charge in [0.05, 0.1) is 13.1 Å². The van der Waals surface area contributed by atoms with Crippen LogP contribution in [0, 0.1) is 20.8 Å². The van der Waals surface area contributed by atoms with Gasteiger partial charge in [-0.1, -0.05) is 23.8 Å². The van der Waals surface area contributed by atoms with Crippen molar-refractivity contribution < 1.29 is 0 Å². The van der Waals surface area contributed by atoms with Crippen LogP contribution in [0.4, 0.5) is 11.4 Å². The van der Waals surface area contributed by atoms with Crippen LogP contribution in [0.3, 0.4) is 0 Å². The predicted molar refractivity (Wildman–Crippen MR) is 157 cm³/mol. The number of aliphatic imine (C=N–C) groups is 2. The molecule has 0 spiro atoms. The summed E-state index contributed by atoms with van der Waals surface area (Å²) in [6.45, 7) is 11.9. The fourth-order valence-corrected chi connectivity index (χ4v) is 5.49. The van der Waals surface area contributed by atoms with Crippen molar-refractivity contribution >= 4 is 23.0 Å². The fraction of sp³-hybridized carbons (Fsp3) is 0.355. The average Bonchev–Trinajstić information content (AvgIpc) is 3.58. The van der Waals surface area contributed by atoms with Crippen molar-refractivity contribution in [1.82, 2.24) is 10.6 Å². The van der Waals surface area contributed by atoms with Crippen molar-refractivity contribution in [1.29, 1.82) is 0 Å². The standard InChI is InChI=1S/C31H38N6/c1-21-14-24(19-36(4)28-8-6-26(16-22(28)2)30-32-10-11-33-30)18-25(15-21)20-37(5)29-9-7-27(17-23(29)3)31-34-12-13-35-31/h6-9,14-18H,10-13,19-20H2,1-5H3,(H,32,33)(H,34,35). The van der Waals surface area contributed by atoms with E-state index < -0.39 is 0 Å². The largest absolute Gasteiger partial charge is 0.370 e. The normalized spacial score (nSPS) is 14.6. The second-order valence-corrected chi connectivity index (χ2v) is 10.4. The molecule has 5 rings (SSSR count). The van der Waals surface area contributed by atoms with Gasteiger partial charge in [-0.3, -0.25) is 9.98 Å². The Balaban J connectivity index is 1.29. The summed E-state index contributed by atoms with van der Waals surface area (Å²) in [4.78, 5) is 13.8. The third-order valence-electron chi connectivity index (χ3n) is 7.15. The highest BCUT2D eigenvalue weighted by Gasteiger charge is 2.14. The molecule has 37 heavy (non-hydrogen) atoms. The molecular formula is C31H38N6. The van der Waals surface area contributed by atoms with Gasteiger partial charge in [-0.25, -0.2) is 0 Å². The molecule has 192 valence electrons. The first kappa shape index (κ1) is 24.9. The van der Waals surface area contributed by atoms with Crippen molar-refractivity contribution in [2.75, 3.05) is 50.1 Å². The van der Waals surface area contributed by atoms with E-state index in [1.807, 2.05) is 0 Å². The minimum atomic E-state index is 0.860. The molecule has 0 amide bonds. The zero-order valence-corrected chi connectivity index (χ0v) is 22.7. The Morgan fingerprint density at radius 2 is 1.11 bits per heavy atom. The molecule has 3 aromatic rings. The Labute approximate surface area is 221 Å². The number of amidine groups is 2. The quantitative estimate of drug-likeness (QED) is 0.481. The van der Waals surface area contributed by atoms with Crippen molar-refractivity contribution in [3.8, 4) is 0 Å². The van der Waals surface area contributed by atoms with Crippen LogP contribution in [0.5, 0.6) is 0 Å². The maximum atomic E-state index is 4.56. The van der Waals surface area contributed by atoms with E-state index in [1.165, 1.54) is 50.3 Å². The molecule has 6 heteroatoms. The first-order valence-electron chi connectivity index (χ1n) is 13.2. The van der Waals surface area contributed by atoms with E-state index >= 15 is 0 Å². The minimum absolute atomic E-state index is 0.860. The second kappa shape index (κ2) is 10.7. The maximum absolute atomic E-state index is 4.56. The van der Waals surface area contributed by atoms with Crippen molar-refractivity contribution in [3.63, 3.8) is 0 Å². The van der Waals surface area contributed by atoms with E-state index in [0.717, 1.165) is 50.9 Å². The van der Waals surface area contributed by atoms with Gasteiger partial charge in [0.1, 0.15) is 11.7 Å². The van der Waals surface area contributed by atoms with E-state index in [2.05, 4.69) is 120 Å². The minimum Gasteiger partial charge on any atom is -0.370 e. The van der Waals surface area contributed by atoms with Crippen LogP contribution in [0.15, 0.2) is 64.6 Å². The lowest BCUT2D eigenvalue weighted by atomic mass is 10.0. The number of benzene rings is 3. The zero-order valence-electron chi connectivity index (χ0n) is 22.7. The lowest BCUT2D eigenvalue weighted by Gasteiger charge is -2.25. The molecule has 0 unspecified atom stereocenters. The van der Waals surface area contributed by atoms with Gasteiger partial charge in [-0.2, -0.15) is 0 Å². The summed E-state index contributed by atoms with van der Waals surface area (Å²) in [5.41, 5.74) is 11.3. The molecular weight excluding hydrogens is 456 g/mol. The molecule has 0 fully saturated rings. The number of nitrogens with one attached hydrogen (secondary N) is 2. The Bertz CT molecular complexity index is 1260. The molecule has 2 aliphatic heterocycles. The van der Waals surface area contributed by atoms with Crippen LogP contribution in [-0.2, 0) is 13.1 Å². The summed E-state index contributed by atoms with van der Waals surface area (Å²) in [5.74, 6) is 2.03. The molecule has 2 N–H and O–H groups in total. The Morgan fingerprint density at radius 1 is 0.649 bits per heavy atom. The van der Waals surface area contributed by atoms with Gasteiger partial charge >= 0.3 is 0 Å². The maximum Gasteiger partial charge on any atom is 0.128 e. The average molecular weight is 495 g/mol. The van der Waals surface area contributed by atoms with Crippen LogP contribution in [0.1, 0.15) is 38.9 Å². The molecule has 0 atom stereocenters. The first-order valence-corrected chi connectivity index (χ1v) is 13.2. The lowest BCUT2D eigenvalue weighted by Crippen LogP contribution is -2.22. The fourth-order valence-electron chi connectivity index (χ4n) is 5.49. The lowest BCUT2D eigenvalue weighted by molar-refractivity contribution is 0.890. The number of nitrogens with zero attached hydrogens (tertiary/aromatic N) is 4. The van der Waals surface area contributed by atoms with E-state index in [0.29, 0.717) is 0 Å². The highest BCUT2D eigenvalue weighted by molar-refractivity contribution is 6.00. The van der Waals surface area contributed by atoms with E-state index in [4.69, 9.17) is 0 Å². The van der Waals surface area contributed by atoms with Gasteiger partial charge in [0.2, 0.25) is 0 Å². The summed E-state index contributed by atoms with van der Waals surface area (Å²) >= 11 is 0. The molecule has 2 aliphatic rings. The molecule has 0 aliphatic carbocycles. The third-order valence-corrected chi connectivity index (χ3v) is 7.15. The van der Waals surface area contributed by atoms with Gasteiger partial charge in [0.15, 0.2) is 0 Å². The van der Waals surface area contributed by atoms with Crippen LogP contribution in [0.2, 0.25) is 0 Å². The van der Waals surface area contributed by atoms with Gasteiger partial charge < -0.3 is 20.4 Å². The summed E-state index contributed by atoms with van der Waals surface area (Å²) in [6.07, 6.45) is 0. The zero-order chi connectivity index (χ0) is 25.9. The van der Waals surface area contributed by atoms with Crippen LogP contribution in [0.25, 0.3) is 0 Å².